The second-order valence-electron chi connectivity index (χ2n) is 8.31. The van der Waals surface area contributed by atoms with Gasteiger partial charge in [0.1, 0.15) is 5.82 Å². The lowest BCUT2D eigenvalue weighted by atomic mass is 10.1. The average Bonchev–Trinajstić information content (AvgIpc) is 3.04. The molecule has 6 nitrogen and oxygen atoms in total. The van der Waals surface area contributed by atoms with Crippen LogP contribution in [0.3, 0.4) is 0 Å². The van der Waals surface area contributed by atoms with Crippen LogP contribution in [0.1, 0.15) is 50.9 Å². The summed E-state index contributed by atoms with van der Waals surface area (Å²) < 4.78 is 16.0. The summed E-state index contributed by atoms with van der Waals surface area (Å²) in [4.78, 5) is 17.5. The van der Waals surface area contributed by atoms with Gasteiger partial charge in [0, 0.05) is 30.0 Å². The second kappa shape index (κ2) is 10.4. The fourth-order valence-electron chi connectivity index (χ4n) is 3.79. The summed E-state index contributed by atoms with van der Waals surface area (Å²) in [5, 5.41) is 10.6. The van der Waals surface area contributed by atoms with E-state index >= 15 is 0 Å². The highest BCUT2D eigenvalue weighted by atomic mass is 19.1. The van der Waals surface area contributed by atoms with Crippen molar-refractivity contribution in [2.24, 2.45) is 4.99 Å². The molecule has 2 aromatic carbocycles. The van der Waals surface area contributed by atoms with Crippen molar-refractivity contribution in [3.05, 3.63) is 81.4 Å². The summed E-state index contributed by atoms with van der Waals surface area (Å²) >= 11 is 0. The van der Waals surface area contributed by atoms with Gasteiger partial charge in [0.2, 0.25) is 5.96 Å². The molecule has 0 aliphatic carbocycles. The maximum atomic E-state index is 14.0. The molecule has 33 heavy (non-hydrogen) atoms. The summed E-state index contributed by atoms with van der Waals surface area (Å²) in [6.07, 6.45) is 0.699. The summed E-state index contributed by atoms with van der Waals surface area (Å²) in [5.41, 5.74) is 7.06. The molecule has 0 atom stereocenters. The minimum atomic E-state index is -0.420. The zero-order valence-corrected chi connectivity index (χ0v) is 20.2. The Bertz CT molecular complexity index is 1200. The zero-order chi connectivity index (χ0) is 24.1. The monoisotopic (exact) mass is 449 g/mol. The Balaban J connectivity index is 1.83. The van der Waals surface area contributed by atoms with Gasteiger partial charge in [0.25, 0.3) is 5.91 Å². The first-order chi connectivity index (χ1) is 15.7. The van der Waals surface area contributed by atoms with Crippen LogP contribution in [0.4, 0.5) is 10.1 Å². The van der Waals surface area contributed by atoms with Crippen molar-refractivity contribution in [1.29, 1.82) is 0 Å². The predicted molar refractivity (Wildman–Crippen MR) is 132 cm³/mol. The summed E-state index contributed by atoms with van der Waals surface area (Å²) in [7, 11) is 0. The van der Waals surface area contributed by atoms with Crippen molar-refractivity contribution in [2.75, 3.05) is 11.9 Å². The van der Waals surface area contributed by atoms with Gasteiger partial charge in [-0.05, 0) is 82.9 Å². The number of hydrogen-bond acceptors (Lipinski definition) is 3. The third-order valence-electron chi connectivity index (χ3n) is 5.76. The number of carbonyl (C=O) groups is 1. The molecule has 0 spiro atoms. The van der Waals surface area contributed by atoms with Gasteiger partial charge in [0.15, 0.2) is 0 Å². The van der Waals surface area contributed by atoms with Gasteiger partial charge >= 0.3 is 0 Å². The number of guanidine groups is 1. The van der Waals surface area contributed by atoms with Crippen molar-refractivity contribution < 1.29 is 9.18 Å². The second-order valence-corrected chi connectivity index (χ2v) is 8.31. The summed E-state index contributed by atoms with van der Waals surface area (Å²) in [6, 6.07) is 10.5. The Labute approximate surface area is 194 Å². The number of nitrogens with zero attached hydrogens (tertiary/aromatic N) is 3. The summed E-state index contributed by atoms with van der Waals surface area (Å²) in [5.74, 6) is -0.510. The largest absolute Gasteiger partial charge is 0.326 e. The predicted octanol–water partition coefficient (Wildman–Crippen LogP) is 5.02. The topological polar surface area (TPSA) is 71.3 Å². The Morgan fingerprint density at radius 1 is 1.06 bits per heavy atom. The molecule has 0 saturated carbocycles. The van der Waals surface area contributed by atoms with Gasteiger partial charge in [-0.1, -0.05) is 23.8 Å². The van der Waals surface area contributed by atoms with E-state index in [0.717, 1.165) is 34.7 Å². The van der Waals surface area contributed by atoms with Crippen molar-refractivity contribution in [2.45, 2.75) is 54.5 Å². The van der Waals surface area contributed by atoms with E-state index in [1.54, 1.807) is 19.1 Å². The van der Waals surface area contributed by atoms with E-state index in [2.05, 4.69) is 40.6 Å². The lowest BCUT2D eigenvalue weighted by Gasteiger charge is -2.14. The van der Waals surface area contributed by atoms with Gasteiger partial charge in [-0.3, -0.25) is 19.8 Å². The molecule has 0 radical (unpaired) electrons. The first kappa shape index (κ1) is 24.2. The summed E-state index contributed by atoms with van der Waals surface area (Å²) in [6.45, 7) is 13.1. The van der Waals surface area contributed by atoms with Crippen molar-refractivity contribution >= 4 is 17.6 Å². The van der Waals surface area contributed by atoms with Crippen molar-refractivity contribution in [3.63, 3.8) is 0 Å². The Morgan fingerprint density at radius 3 is 2.45 bits per heavy atom. The molecule has 0 fully saturated rings. The first-order valence-corrected chi connectivity index (χ1v) is 11.2. The van der Waals surface area contributed by atoms with E-state index in [4.69, 9.17) is 0 Å². The normalized spacial score (nSPS) is 11.5. The van der Waals surface area contributed by atoms with Crippen LogP contribution in [-0.4, -0.2) is 28.2 Å². The van der Waals surface area contributed by atoms with Crippen LogP contribution in [0.15, 0.2) is 41.4 Å². The number of anilines is 1. The van der Waals surface area contributed by atoms with Crippen LogP contribution in [0.25, 0.3) is 0 Å². The number of carbonyl (C=O) groups excluding carboxylic acids is 1. The molecule has 1 heterocycles. The number of halogens is 1. The van der Waals surface area contributed by atoms with Crippen molar-refractivity contribution in [1.82, 2.24) is 15.1 Å². The average molecular weight is 450 g/mol. The molecular formula is C26H32FN5O. The van der Waals surface area contributed by atoms with Gasteiger partial charge < -0.3 is 5.32 Å². The van der Waals surface area contributed by atoms with E-state index < -0.39 is 11.7 Å². The number of aryl methyl sites for hydroxylation is 5. The molecule has 7 heteroatoms. The maximum absolute atomic E-state index is 14.0. The highest BCUT2D eigenvalue weighted by Crippen LogP contribution is 2.17. The number of aromatic nitrogens is 2. The molecule has 1 amide bonds. The lowest BCUT2D eigenvalue weighted by Crippen LogP contribution is -2.36. The smallest absolute Gasteiger partial charge is 0.258 e. The Hall–Kier alpha value is -3.48. The molecule has 0 aliphatic rings. The number of rotatable bonds is 6. The van der Waals surface area contributed by atoms with E-state index in [1.165, 1.54) is 11.6 Å². The van der Waals surface area contributed by atoms with E-state index in [1.807, 2.05) is 37.6 Å². The number of benzene rings is 2. The van der Waals surface area contributed by atoms with Crippen LogP contribution >= 0.6 is 0 Å². The molecule has 174 valence electrons. The number of amides is 1. The third-order valence-corrected chi connectivity index (χ3v) is 5.76. The zero-order valence-electron chi connectivity index (χ0n) is 20.2. The minimum Gasteiger partial charge on any atom is -0.326 e. The fourth-order valence-corrected chi connectivity index (χ4v) is 3.79. The maximum Gasteiger partial charge on any atom is 0.258 e. The number of aliphatic imine (C=N–C) groups is 1. The molecule has 0 saturated heterocycles. The van der Waals surface area contributed by atoms with Gasteiger partial charge in [0.05, 0.1) is 5.69 Å². The molecule has 2 N–H and O–H groups in total. The SMILES string of the molecule is CCn1nc(C)c(CCN=C(NC(=O)c2ccc(C)c(F)c2)Nc2ccc(C)cc2C)c1C. The van der Waals surface area contributed by atoms with Crippen LogP contribution in [0, 0.1) is 40.4 Å². The molecule has 0 bridgehead atoms. The van der Waals surface area contributed by atoms with Gasteiger partial charge in [-0.25, -0.2) is 4.39 Å². The molecule has 1 aromatic heterocycles. The molecular weight excluding hydrogens is 417 g/mol. The lowest BCUT2D eigenvalue weighted by molar-refractivity contribution is 0.0976. The molecule has 0 aliphatic heterocycles. The highest BCUT2D eigenvalue weighted by Gasteiger charge is 2.14. The fraction of sp³-hybridized carbons (Fsp3) is 0.346. The van der Waals surface area contributed by atoms with Crippen LogP contribution < -0.4 is 10.6 Å². The number of hydrogen-bond donors (Lipinski definition) is 2. The van der Waals surface area contributed by atoms with Crippen LogP contribution in [0.5, 0.6) is 0 Å². The van der Waals surface area contributed by atoms with E-state index in [0.29, 0.717) is 24.5 Å². The van der Waals surface area contributed by atoms with Gasteiger partial charge in [-0.2, -0.15) is 5.10 Å². The standard InChI is InChI=1S/C26H32FN5O/c1-7-32-20(6)22(19(5)31-32)12-13-28-26(29-24-11-8-16(2)14-18(24)4)30-25(33)21-10-9-17(3)23(27)15-21/h8-11,14-15H,7,12-13H2,1-6H3,(H2,28,29,30,33). The molecule has 3 aromatic rings. The van der Waals surface area contributed by atoms with E-state index in [9.17, 15) is 9.18 Å². The van der Waals surface area contributed by atoms with E-state index in [-0.39, 0.29) is 5.56 Å². The Kier molecular flexibility index (Phi) is 7.63. The first-order valence-electron chi connectivity index (χ1n) is 11.2. The quantitative estimate of drug-likeness (QED) is 0.410. The van der Waals surface area contributed by atoms with Crippen LogP contribution in [-0.2, 0) is 13.0 Å². The van der Waals surface area contributed by atoms with Crippen molar-refractivity contribution in [3.8, 4) is 0 Å². The van der Waals surface area contributed by atoms with Crippen LogP contribution in [0.2, 0.25) is 0 Å². The third kappa shape index (κ3) is 5.86. The highest BCUT2D eigenvalue weighted by molar-refractivity contribution is 6.10. The molecule has 0 unspecified atom stereocenters. The molecule has 3 rings (SSSR count). The Morgan fingerprint density at radius 2 is 1.82 bits per heavy atom. The number of nitrogens with one attached hydrogen (secondary N) is 2. The van der Waals surface area contributed by atoms with Gasteiger partial charge in [-0.15, -0.1) is 0 Å². The minimum absolute atomic E-state index is 0.240.